The fraction of sp³-hybridized carbons (Fsp3) is 0.833. The molecule has 0 aromatic heterocycles. The van der Waals surface area contributed by atoms with Crippen molar-refractivity contribution in [3.8, 4) is 0 Å². The Balaban J connectivity index is 3.09. The van der Waals surface area contributed by atoms with Gasteiger partial charge < -0.3 is 4.74 Å². The van der Waals surface area contributed by atoms with Crippen molar-refractivity contribution in [2.45, 2.75) is 90.3 Å². The van der Waals surface area contributed by atoms with Crippen LogP contribution >= 0.6 is 0 Å². The number of esters is 1. The van der Waals surface area contributed by atoms with Crippen molar-refractivity contribution in [1.29, 1.82) is 0 Å². The first-order valence-corrected chi connectivity index (χ1v) is 8.41. The van der Waals surface area contributed by atoms with Crippen LogP contribution in [0.5, 0.6) is 0 Å². The molecule has 0 atom stereocenters. The van der Waals surface area contributed by atoms with E-state index in [1.54, 1.807) is 6.92 Å². The van der Waals surface area contributed by atoms with Gasteiger partial charge in [0.1, 0.15) is 6.10 Å². The van der Waals surface area contributed by atoms with Crippen LogP contribution in [0.2, 0.25) is 0 Å². The molecule has 1 rings (SSSR count). The zero-order chi connectivity index (χ0) is 16.3. The summed E-state index contributed by atoms with van der Waals surface area (Å²) in [7, 11) is 2.26. The number of carbonyl (C=O) groups excluding carboxylic acids is 1. The van der Waals surface area contributed by atoms with Gasteiger partial charge in [-0.05, 0) is 39.7 Å². The Labute approximate surface area is 130 Å². The molecule has 1 fully saturated rings. The zero-order valence-electron chi connectivity index (χ0n) is 14.8. The molecule has 0 N–H and O–H groups in total. The highest BCUT2D eigenvalue weighted by molar-refractivity contribution is 5.87. The predicted octanol–water partition coefficient (Wildman–Crippen LogP) is 4.32. The number of hydrogen-bond acceptors (Lipinski definition) is 3. The Kier molecular flexibility index (Phi) is 6.03. The number of ether oxygens (including phenoxy) is 1. The van der Waals surface area contributed by atoms with Crippen molar-refractivity contribution in [3.05, 3.63) is 12.2 Å². The monoisotopic (exact) mass is 295 g/mol. The summed E-state index contributed by atoms with van der Waals surface area (Å²) in [5, 5.41) is 0. The van der Waals surface area contributed by atoms with Crippen LogP contribution in [0.15, 0.2) is 12.2 Å². The quantitative estimate of drug-likeness (QED) is 0.540. The number of likely N-dealkylation sites (tertiary alicyclic amines) is 1. The van der Waals surface area contributed by atoms with Gasteiger partial charge in [0.15, 0.2) is 0 Å². The maximum Gasteiger partial charge on any atom is 0.333 e. The van der Waals surface area contributed by atoms with Crippen LogP contribution in [0.25, 0.3) is 0 Å². The van der Waals surface area contributed by atoms with Crippen molar-refractivity contribution in [2.24, 2.45) is 0 Å². The van der Waals surface area contributed by atoms with E-state index in [0.717, 1.165) is 38.5 Å². The fourth-order valence-corrected chi connectivity index (χ4v) is 4.06. The van der Waals surface area contributed by atoms with Gasteiger partial charge >= 0.3 is 5.97 Å². The molecule has 1 heterocycles. The highest BCUT2D eigenvalue weighted by Gasteiger charge is 2.50. The lowest BCUT2D eigenvalue weighted by molar-refractivity contribution is -0.159. The molecule has 1 aliphatic rings. The van der Waals surface area contributed by atoms with Gasteiger partial charge in [-0.3, -0.25) is 4.90 Å². The third-order valence-electron chi connectivity index (χ3n) is 5.89. The fourth-order valence-electron chi connectivity index (χ4n) is 4.06. The molecule has 1 saturated heterocycles. The topological polar surface area (TPSA) is 29.5 Å². The predicted molar refractivity (Wildman–Crippen MR) is 88.3 cm³/mol. The molecule has 0 aromatic carbocycles. The summed E-state index contributed by atoms with van der Waals surface area (Å²) in [5.74, 6) is -0.244. The van der Waals surface area contributed by atoms with E-state index in [1.807, 2.05) is 0 Å². The van der Waals surface area contributed by atoms with Crippen molar-refractivity contribution in [1.82, 2.24) is 4.90 Å². The molecule has 0 aliphatic carbocycles. The molecule has 0 spiro atoms. The van der Waals surface area contributed by atoms with E-state index in [9.17, 15) is 4.79 Å². The highest BCUT2D eigenvalue weighted by atomic mass is 16.5. The second-order valence-corrected chi connectivity index (χ2v) is 6.64. The minimum absolute atomic E-state index is 0.00481. The SMILES string of the molecule is C=C(C)C(=O)OC1CC(CC)(CC)N(C)C(CC)(CC)C1. The summed E-state index contributed by atoms with van der Waals surface area (Å²) >= 11 is 0. The molecule has 0 aromatic rings. The summed E-state index contributed by atoms with van der Waals surface area (Å²) in [6.07, 6.45) is 6.21. The standard InChI is InChI=1S/C18H33NO2/c1-8-17(9-2)12-15(21-16(20)14(5)6)13-18(10-3,11-4)19(17)7/h15H,5,8-13H2,1-4,6-7H3. The van der Waals surface area contributed by atoms with Crippen LogP contribution in [0.3, 0.4) is 0 Å². The molecule has 0 unspecified atom stereocenters. The lowest BCUT2D eigenvalue weighted by atomic mass is 9.70. The average molecular weight is 295 g/mol. The second kappa shape index (κ2) is 6.95. The lowest BCUT2D eigenvalue weighted by Gasteiger charge is -2.58. The number of hydrogen-bond donors (Lipinski definition) is 0. The Morgan fingerprint density at radius 1 is 1.10 bits per heavy atom. The largest absolute Gasteiger partial charge is 0.459 e. The molecule has 3 heteroatoms. The van der Waals surface area contributed by atoms with Gasteiger partial charge in [-0.25, -0.2) is 4.79 Å². The smallest absolute Gasteiger partial charge is 0.333 e. The first-order valence-electron chi connectivity index (χ1n) is 8.41. The second-order valence-electron chi connectivity index (χ2n) is 6.64. The highest BCUT2D eigenvalue weighted by Crippen LogP contribution is 2.45. The Bertz CT molecular complexity index is 359. The van der Waals surface area contributed by atoms with E-state index in [1.165, 1.54) is 0 Å². The minimum Gasteiger partial charge on any atom is -0.459 e. The van der Waals surface area contributed by atoms with Gasteiger partial charge in [-0.15, -0.1) is 0 Å². The van der Waals surface area contributed by atoms with Crippen molar-refractivity contribution >= 4 is 5.97 Å². The Morgan fingerprint density at radius 2 is 1.48 bits per heavy atom. The summed E-state index contributed by atoms with van der Waals surface area (Å²) in [6.45, 7) is 14.4. The molecule has 122 valence electrons. The van der Waals surface area contributed by atoms with Gasteiger partial charge in [-0.1, -0.05) is 34.3 Å². The molecule has 0 amide bonds. The Hall–Kier alpha value is -0.830. The number of piperidine rings is 1. The van der Waals surface area contributed by atoms with Crippen LogP contribution in [-0.4, -0.2) is 35.1 Å². The van der Waals surface area contributed by atoms with E-state index in [0.29, 0.717) is 5.57 Å². The molecule has 1 aliphatic heterocycles. The van der Waals surface area contributed by atoms with E-state index in [-0.39, 0.29) is 23.2 Å². The minimum atomic E-state index is -0.244. The van der Waals surface area contributed by atoms with Crippen LogP contribution in [0.4, 0.5) is 0 Å². The molecular formula is C18H33NO2. The van der Waals surface area contributed by atoms with Crippen molar-refractivity contribution < 1.29 is 9.53 Å². The lowest BCUT2D eigenvalue weighted by Crippen LogP contribution is -2.64. The van der Waals surface area contributed by atoms with E-state index in [4.69, 9.17) is 4.74 Å². The van der Waals surface area contributed by atoms with Gasteiger partial charge in [0.05, 0.1) is 0 Å². The van der Waals surface area contributed by atoms with Crippen LogP contribution in [0, 0.1) is 0 Å². The summed E-state index contributed by atoms with van der Waals surface area (Å²) in [6, 6.07) is 0. The maximum absolute atomic E-state index is 11.9. The Morgan fingerprint density at radius 3 is 1.76 bits per heavy atom. The third-order valence-corrected chi connectivity index (χ3v) is 5.89. The molecular weight excluding hydrogens is 262 g/mol. The van der Waals surface area contributed by atoms with Gasteiger partial charge in [0.25, 0.3) is 0 Å². The van der Waals surface area contributed by atoms with Crippen molar-refractivity contribution in [2.75, 3.05) is 7.05 Å². The molecule has 0 saturated carbocycles. The molecule has 0 bridgehead atoms. The molecule has 21 heavy (non-hydrogen) atoms. The normalized spacial score (nSPS) is 22.0. The number of nitrogens with zero attached hydrogens (tertiary/aromatic N) is 1. The summed E-state index contributed by atoms with van der Waals surface area (Å²) < 4.78 is 5.75. The van der Waals surface area contributed by atoms with E-state index < -0.39 is 0 Å². The van der Waals surface area contributed by atoms with Crippen LogP contribution in [0.1, 0.15) is 73.1 Å². The number of carbonyl (C=O) groups is 1. The molecule has 0 radical (unpaired) electrons. The zero-order valence-corrected chi connectivity index (χ0v) is 14.8. The third kappa shape index (κ3) is 3.33. The molecule has 3 nitrogen and oxygen atoms in total. The summed E-state index contributed by atoms with van der Waals surface area (Å²) in [4.78, 5) is 14.5. The van der Waals surface area contributed by atoms with Crippen LogP contribution in [-0.2, 0) is 9.53 Å². The van der Waals surface area contributed by atoms with E-state index in [2.05, 4.69) is 46.2 Å². The van der Waals surface area contributed by atoms with Gasteiger partial charge in [0, 0.05) is 29.5 Å². The number of rotatable bonds is 6. The van der Waals surface area contributed by atoms with Gasteiger partial charge in [-0.2, -0.15) is 0 Å². The van der Waals surface area contributed by atoms with Gasteiger partial charge in [0.2, 0.25) is 0 Å². The van der Waals surface area contributed by atoms with Crippen LogP contribution < -0.4 is 0 Å². The first-order chi connectivity index (χ1) is 9.80. The maximum atomic E-state index is 11.9. The summed E-state index contributed by atoms with van der Waals surface area (Å²) in [5.41, 5.74) is 0.750. The average Bonchev–Trinajstić information content (AvgIpc) is 2.49. The first kappa shape index (κ1) is 18.2. The van der Waals surface area contributed by atoms with E-state index >= 15 is 0 Å². The van der Waals surface area contributed by atoms with Crippen molar-refractivity contribution in [3.63, 3.8) is 0 Å².